The van der Waals surface area contributed by atoms with Crippen LogP contribution < -0.4 is 0 Å². The van der Waals surface area contributed by atoms with E-state index in [0.717, 1.165) is 21.7 Å². The highest BCUT2D eigenvalue weighted by Gasteiger charge is 2.02. The van der Waals surface area contributed by atoms with Crippen LogP contribution in [0.1, 0.15) is 25.7 Å². The molecule has 0 amide bonds. The Morgan fingerprint density at radius 1 is 0.812 bits per heavy atom. The van der Waals surface area contributed by atoms with Crippen LogP contribution in [-0.4, -0.2) is 34.0 Å². The highest BCUT2D eigenvalue weighted by Crippen LogP contribution is 1.98. The quantitative estimate of drug-likeness (QED) is 0.233. The van der Waals surface area contributed by atoms with Crippen molar-refractivity contribution in [1.29, 1.82) is 0 Å². The second-order valence-corrected chi connectivity index (χ2v) is 5.18. The van der Waals surface area contributed by atoms with Crippen molar-refractivity contribution < 1.29 is 19.1 Å². The minimum absolute atomic E-state index is 0.156. The van der Waals surface area contributed by atoms with E-state index in [-0.39, 0.29) is 11.9 Å². The fourth-order valence-corrected chi connectivity index (χ4v) is 1.76. The number of hydrogen-bond acceptors (Lipinski definition) is 4. The number of esters is 2. The fourth-order valence-electron chi connectivity index (χ4n) is 0.875. The minimum atomic E-state index is -0.156. The minimum Gasteiger partial charge on any atom is -0.466 e. The molecule has 0 rings (SSSR count). The predicted octanol–water partition coefficient (Wildman–Crippen LogP) is 2.50. The summed E-state index contributed by atoms with van der Waals surface area (Å²) in [5, 5.41) is 0. The Labute approximate surface area is 123 Å². The van der Waals surface area contributed by atoms with Crippen LogP contribution in [0.25, 0.3) is 0 Å². The molecule has 94 valence electrons. The SMILES string of the molecule is O=C(CCI)OCCCCOC(=O)CCI. The van der Waals surface area contributed by atoms with Crippen molar-refractivity contribution in [2.45, 2.75) is 25.7 Å². The normalized spacial score (nSPS) is 9.88. The molecular formula is C10H16I2O4. The molecule has 6 heteroatoms. The van der Waals surface area contributed by atoms with E-state index in [2.05, 4.69) is 45.2 Å². The van der Waals surface area contributed by atoms with E-state index in [1.54, 1.807) is 0 Å². The molecule has 0 saturated carbocycles. The van der Waals surface area contributed by atoms with Crippen LogP contribution in [0, 0.1) is 0 Å². The van der Waals surface area contributed by atoms with E-state index in [0.29, 0.717) is 26.1 Å². The van der Waals surface area contributed by atoms with Gasteiger partial charge in [0.1, 0.15) is 0 Å². The molecule has 0 aliphatic heterocycles. The number of rotatable bonds is 9. The van der Waals surface area contributed by atoms with Crippen molar-refractivity contribution in [1.82, 2.24) is 0 Å². The maximum atomic E-state index is 11.0. The largest absolute Gasteiger partial charge is 0.466 e. The van der Waals surface area contributed by atoms with Crippen LogP contribution >= 0.6 is 45.2 Å². The molecule has 0 spiro atoms. The van der Waals surface area contributed by atoms with Crippen molar-refractivity contribution in [3.8, 4) is 0 Å². The molecule has 0 aliphatic carbocycles. The van der Waals surface area contributed by atoms with Crippen molar-refractivity contribution in [2.24, 2.45) is 0 Å². The molecule has 0 bridgehead atoms. The number of halogens is 2. The van der Waals surface area contributed by atoms with Crippen molar-refractivity contribution in [2.75, 3.05) is 22.1 Å². The highest BCUT2D eigenvalue weighted by atomic mass is 127. The third-order valence-corrected chi connectivity index (χ3v) is 2.74. The lowest BCUT2D eigenvalue weighted by molar-refractivity contribution is -0.145. The van der Waals surface area contributed by atoms with Gasteiger partial charge >= 0.3 is 11.9 Å². The molecule has 0 aliphatic rings. The number of carbonyl (C=O) groups is 2. The van der Waals surface area contributed by atoms with Crippen molar-refractivity contribution in [3.63, 3.8) is 0 Å². The summed E-state index contributed by atoms with van der Waals surface area (Å²) >= 11 is 4.27. The molecular weight excluding hydrogens is 438 g/mol. The summed E-state index contributed by atoms with van der Waals surface area (Å²) in [6, 6.07) is 0. The van der Waals surface area contributed by atoms with E-state index < -0.39 is 0 Å². The summed E-state index contributed by atoms with van der Waals surface area (Å²) in [4.78, 5) is 21.9. The van der Waals surface area contributed by atoms with E-state index in [4.69, 9.17) is 9.47 Å². The molecule has 0 atom stereocenters. The maximum absolute atomic E-state index is 11.0. The monoisotopic (exact) mass is 454 g/mol. The summed E-state index contributed by atoms with van der Waals surface area (Å²) in [6.45, 7) is 0.832. The second-order valence-electron chi connectivity index (χ2n) is 3.03. The van der Waals surface area contributed by atoms with Crippen LogP contribution in [0.3, 0.4) is 0 Å². The molecule has 0 unspecified atom stereocenters. The highest BCUT2D eigenvalue weighted by molar-refractivity contribution is 14.1. The van der Waals surface area contributed by atoms with Gasteiger partial charge in [0.05, 0.1) is 26.1 Å². The zero-order chi connectivity index (χ0) is 12.2. The van der Waals surface area contributed by atoms with Crippen molar-refractivity contribution >= 4 is 57.1 Å². The lowest BCUT2D eigenvalue weighted by Gasteiger charge is -2.04. The summed E-state index contributed by atoms with van der Waals surface area (Å²) in [6.07, 6.45) is 2.41. The average molecular weight is 454 g/mol. The fraction of sp³-hybridized carbons (Fsp3) is 0.800. The van der Waals surface area contributed by atoms with Gasteiger partial charge in [-0.1, -0.05) is 45.2 Å². The Kier molecular flexibility index (Phi) is 12.2. The first-order chi connectivity index (χ1) is 7.70. The van der Waals surface area contributed by atoms with Gasteiger partial charge in [0.25, 0.3) is 0 Å². The lowest BCUT2D eigenvalue weighted by Crippen LogP contribution is -2.09. The Morgan fingerprint density at radius 3 is 1.50 bits per heavy atom. The number of alkyl halides is 2. The predicted molar refractivity (Wildman–Crippen MR) is 78.2 cm³/mol. The summed E-state index contributed by atoms with van der Waals surface area (Å²) in [7, 11) is 0. The van der Waals surface area contributed by atoms with Gasteiger partial charge in [-0.25, -0.2) is 0 Å². The topological polar surface area (TPSA) is 52.6 Å². The van der Waals surface area contributed by atoms with Crippen LogP contribution in [0.5, 0.6) is 0 Å². The van der Waals surface area contributed by atoms with Crippen molar-refractivity contribution in [3.05, 3.63) is 0 Å². The number of hydrogen-bond donors (Lipinski definition) is 0. The lowest BCUT2D eigenvalue weighted by atomic mass is 10.3. The van der Waals surface area contributed by atoms with Gasteiger partial charge in [-0.15, -0.1) is 0 Å². The van der Waals surface area contributed by atoms with E-state index in [9.17, 15) is 9.59 Å². The van der Waals surface area contributed by atoms with Gasteiger partial charge in [-0.2, -0.15) is 0 Å². The Bertz CT molecular complexity index is 187. The first kappa shape index (κ1) is 16.4. The number of carbonyl (C=O) groups excluding carboxylic acids is 2. The Morgan fingerprint density at radius 2 is 1.19 bits per heavy atom. The molecule has 0 heterocycles. The Balaban J connectivity index is 3.21. The molecule has 0 aromatic carbocycles. The number of ether oxygens (including phenoxy) is 2. The molecule has 0 N–H and O–H groups in total. The van der Waals surface area contributed by atoms with Gasteiger partial charge in [-0.3, -0.25) is 9.59 Å². The average Bonchev–Trinajstić information content (AvgIpc) is 2.24. The summed E-state index contributed by atoms with van der Waals surface area (Å²) < 4.78 is 11.5. The van der Waals surface area contributed by atoms with Gasteiger partial charge in [-0.05, 0) is 12.8 Å². The first-order valence-electron chi connectivity index (χ1n) is 5.14. The summed E-state index contributed by atoms with van der Waals surface area (Å²) in [5.74, 6) is -0.312. The first-order valence-corrected chi connectivity index (χ1v) is 8.19. The molecule has 16 heavy (non-hydrogen) atoms. The molecule has 0 aromatic rings. The van der Waals surface area contributed by atoms with Crippen LogP contribution in [0.2, 0.25) is 0 Å². The maximum Gasteiger partial charge on any atom is 0.306 e. The molecule has 0 aromatic heterocycles. The van der Waals surface area contributed by atoms with E-state index in [1.807, 2.05) is 0 Å². The Hall–Kier alpha value is 0.400. The molecule has 0 fully saturated rings. The molecule has 0 radical (unpaired) electrons. The third-order valence-electron chi connectivity index (χ3n) is 1.66. The summed E-state index contributed by atoms with van der Waals surface area (Å²) in [5.41, 5.74) is 0. The van der Waals surface area contributed by atoms with Crippen LogP contribution in [-0.2, 0) is 19.1 Å². The van der Waals surface area contributed by atoms with E-state index >= 15 is 0 Å². The zero-order valence-electron chi connectivity index (χ0n) is 9.05. The van der Waals surface area contributed by atoms with Gasteiger partial charge in [0.2, 0.25) is 0 Å². The standard InChI is InChI=1S/C10H16I2O4/c11-5-3-9(13)15-7-1-2-8-16-10(14)4-6-12/h1-8H2. The van der Waals surface area contributed by atoms with Gasteiger partial charge in [0.15, 0.2) is 0 Å². The van der Waals surface area contributed by atoms with E-state index in [1.165, 1.54) is 0 Å². The molecule has 4 nitrogen and oxygen atoms in total. The smallest absolute Gasteiger partial charge is 0.306 e. The molecule has 0 saturated heterocycles. The zero-order valence-corrected chi connectivity index (χ0v) is 13.4. The van der Waals surface area contributed by atoms with Gasteiger partial charge in [0, 0.05) is 8.86 Å². The van der Waals surface area contributed by atoms with Gasteiger partial charge < -0.3 is 9.47 Å². The number of unbranched alkanes of at least 4 members (excludes halogenated alkanes) is 1. The van der Waals surface area contributed by atoms with Crippen LogP contribution in [0.15, 0.2) is 0 Å². The second kappa shape index (κ2) is 11.9. The van der Waals surface area contributed by atoms with Crippen LogP contribution in [0.4, 0.5) is 0 Å². The third kappa shape index (κ3) is 10.9.